The minimum absolute atomic E-state index is 0.0971. The van der Waals surface area contributed by atoms with Gasteiger partial charge in [-0.3, -0.25) is 9.80 Å². The van der Waals surface area contributed by atoms with Gasteiger partial charge in [-0.25, -0.2) is 4.79 Å². The van der Waals surface area contributed by atoms with Crippen molar-refractivity contribution in [2.75, 3.05) is 5.01 Å². The highest BCUT2D eigenvalue weighted by Crippen LogP contribution is 2.48. The monoisotopic (exact) mass is 506 g/mol. The summed E-state index contributed by atoms with van der Waals surface area (Å²) in [6, 6.07) is 16.3. The van der Waals surface area contributed by atoms with Crippen LogP contribution in [0.5, 0.6) is 5.75 Å². The van der Waals surface area contributed by atoms with Crippen LogP contribution in [-0.2, 0) is 4.79 Å². The number of benzene rings is 3. The average molecular weight is 507 g/mol. The fourth-order valence-electron chi connectivity index (χ4n) is 5.18. The molecule has 2 aliphatic heterocycles. The number of anilines is 1. The summed E-state index contributed by atoms with van der Waals surface area (Å²) in [5.41, 5.74) is 7.19. The van der Waals surface area contributed by atoms with E-state index >= 15 is 0 Å². The number of carboxylic acid groups (broad SMARTS) is 1. The van der Waals surface area contributed by atoms with Gasteiger partial charge in [0, 0.05) is 26.9 Å². The summed E-state index contributed by atoms with van der Waals surface area (Å²) in [4.78, 5) is 38.5. The summed E-state index contributed by atoms with van der Waals surface area (Å²) in [6.07, 6.45) is 6.63. The van der Waals surface area contributed by atoms with Crippen molar-refractivity contribution in [2.45, 2.75) is 25.6 Å². The van der Waals surface area contributed by atoms with E-state index in [-0.39, 0.29) is 17.1 Å². The number of aryl methyl sites for hydroxylation is 2. The molecule has 3 N–H and O–H groups in total. The third kappa shape index (κ3) is 3.49. The third-order valence-electron chi connectivity index (χ3n) is 7.44. The number of ketones is 1. The molecule has 0 amide bonds. The summed E-state index contributed by atoms with van der Waals surface area (Å²) in [6.45, 7) is 3.96. The van der Waals surface area contributed by atoms with Crippen molar-refractivity contribution in [3.63, 3.8) is 0 Å². The Hall–Kier alpha value is -4.82. The summed E-state index contributed by atoms with van der Waals surface area (Å²) < 4.78 is 0.800. The number of nitroso groups, excluding NO2 is 1. The van der Waals surface area contributed by atoms with Crippen molar-refractivity contribution < 1.29 is 24.6 Å². The summed E-state index contributed by atoms with van der Waals surface area (Å²) >= 11 is 0. The lowest BCUT2D eigenvalue weighted by molar-refractivity contribution is -0.518. The molecule has 2 heterocycles. The number of nitrogens with one attached hydrogen (secondary N) is 1. The highest BCUT2D eigenvalue weighted by Gasteiger charge is 2.62. The van der Waals surface area contributed by atoms with Gasteiger partial charge in [-0.15, -0.1) is 0 Å². The number of hydrogen-bond donors (Lipinski definition) is 3. The number of rotatable bonds is 4. The van der Waals surface area contributed by atoms with E-state index in [1.54, 1.807) is 47.5 Å². The minimum atomic E-state index is -1.25. The Bertz CT molecular complexity index is 1670. The fourth-order valence-corrected chi connectivity index (χ4v) is 5.18. The zero-order valence-electron chi connectivity index (χ0n) is 20.7. The molecule has 0 saturated carbocycles. The van der Waals surface area contributed by atoms with Crippen molar-refractivity contribution in [1.29, 1.82) is 0 Å². The molecule has 1 fully saturated rings. The Morgan fingerprint density at radius 2 is 1.82 bits per heavy atom. The number of carbonyl (C=O) groups excluding carboxylic acids is 1. The maximum Gasteiger partial charge on any atom is 0.335 e. The SMILES string of the molecule is Cc1ccc(C2C3=C(C=C[N+]2=O)C=CC2(NN2c2cccc(-c4cccc(C(=O)O)c4)c2O)C3=O)cc1C. The van der Waals surface area contributed by atoms with Crippen LogP contribution in [0.3, 0.4) is 0 Å². The normalized spacial score (nSPS) is 21.7. The molecule has 0 radical (unpaired) electrons. The first-order valence-corrected chi connectivity index (χ1v) is 12.1. The van der Waals surface area contributed by atoms with Crippen LogP contribution in [0.15, 0.2) is 96.2 Å². The number of allylic oxidation sites excluding steroid dienone is 3. The second-order valence-electron chi connectivity index (χ2n) is 9.73. The van der Waals surface area contributed by atoms with Crippen LogP contribution in [-0.4, -0.2) is 32.4 Å². The molecule has 8 nitrogen and oxygen atoms in total. The molecule has 2 atom stereocenters. The minimum Gasteiger partial charge on any atom is -0.505 e. The van der Waals surface area contributed by atoms with E-state index in [0.717, 1.165) is 21.5 Å². The molecule has 1 aliphatic carbocycles. The van der Waals surface area contributed by atoms with Gasteiger partial charge in [-0.05, 0) is 66.5 Å². The van der Waals surface area contributed by atoms with Gasteiger partial charge >= 0.3 is 5.97 Å². The van der Waals surface area contributed by atoms with Crippen LogP contribution in [0.2, 0.25) is 0 Å². The highest BCUT2D eigenvalue weighted by atomic mass is 16.4. The van der Waals surface area contributed by atoms with Gasteiger partial charge in [0.05, 0.1) is 16.8 Å². The molecule has 3 aromatic carbocycles. The molecule has 1 spiro atoms. The molecule has 2 unspecified atom stereocenters. The number of phenols is 1. The van der Waals surface area contributed by atoms with Gasteiger partial charge in [-0.2, -0.15) is 5.43 Å². The number of carboxylic acids is 1. The molecule has 0 aromatic heterocycles. The molecule has 3 aliphatic rings. The maximum atomic E-state index is 14.0. The fraction of sp³-hybridized carbons (Fsp3) is 0.133. The molecular weight excluding hydrogens is 482 g/mol. The molecule has 1 saturated heterocycles. The lowest BCUT2D eigenvalue weighted by Gasteiger charge is -2.23. The zero-order valence-corrected chi connectivity index (χ0v) is 20.7. The molecule has 188 valence electrons. The number of para-hydroxylation sites is 1. The van der Waals surface area contributed by atoms with Crippen LogP contribution in [0.4, 0.5) is 5.69 Å². The number of aromatic hydroxyl groups is 1. The average Bonchev–Trinajstić information content (AvgIpc) is 3.63. The molecule has 8 heteroatoms. The number of hydrazine groups is 1. The van der Waals surface area contributed by atoms with Crippen LogP contribution >= 0.6 is 0 Å². The smallest absolute Gasteiger partial charge is 0.335 e. The number of aromatic carboxylic acids is 1. The van der Waals surface area contributed by atoms with Crippen molar-refractivity contribution in [2.24, 2.45) is 0 Å². The summed E-state index contributed by atoms with van der Waals surface area (Å²) in [7, 11) is 0. The van der Waals surface area contributed by atoms with E-state index in [9.17, 15) is 24.7 Å². The highest BCUT2D eigenvalue weighted by molar-refractivity contribution is 6.12. The van der Waals surface area contributed by atoms with Crippen molar-refractivity contribution in [3.8, 4) is 16.9 Å². The van der Waals surface area contributed by atoms with Crippen molar-refractivity contribution in [1.82, 2.24) is 5.43 Å². The van der Waals surface area contributed by atoms with Crippen LogP contribution in [0.25, 0.3) is 11.1 Å². The molecular formula is C30H24N3O5+. The molecule has 38 heavy (non-hydrogen) atoms. The van der Waals surface area contributed by atoms with Crippen LogP contribution < -0.4 is 10.4 Å². The quantitative estimate of drug-likeness (QED) is 0.341. The molecule has 3 aromatic rings. The van der Waals surface area contributed by atoms with Crippen molar-refractivity contribution in [3.05, 3.63) is 123 Å². The van der Waals surface area contributed by atoms with E-state index in [0.29, 0.717) is 28.0 Å². The van der Waals surface area contributed by atoms with E-state index in [2.05, 4.69) is 5.43 Å². The summed E-state index contributed by atoms with van der Waals surface area (Å²) in [5, 5.41) is 22.1. The number of phenolic OH excluding ortho intramolecular Hbond substituents is 1. The number of Topliss-reactive ketones (excluding diaryl/α,β-unsaturated/α-hetero) is 1. The van der Waals surface area contributed by atoms with Crippen LogP contribution in [0.1, 0.15) is 33.1 Å². The Kier molecular flexibility index (Phi) is 5.18. The number of hydrogen-bond acceptors (Lipinski definition) is 6. The van der Waals surface area contributed by atoms with E-state index in [1.807, 2.05) is 38.1 Å². The Morgan fingerprint density at radius 3 is 2.58 bits per heavy atom. The lowest BCUT2D eigenvalue weighted by Crippen LogP contribution is -2.37. The molecule has 0 bridgehead atoms. The Balaban J connectivity index is 1.37. The van der Waals surface area contributed by atoms with Crippen LogP contribution in [0, 0.1) is 18.8 Å². The number of nitrogens with zero attached hydrogens (tertiary/aromatic N) is 2. The molecule has 6 rings (SSSR count). The second-order valence-corrected chi connectivity index (χ2v) is 9.73. The first kappa shape index (κ1) is 23.6. The zero-order chi connectivity index (χ0) is 26.8. The Labute approximate surface area is 218 Å². The first-order valence-electron chi connectivity index (χ1n) is 12.1. The predicted octanol–water partition coefficient (Wildman–Crippen LogP) is 4.88. The predicted molar refractivity (Wildman–Crippen MR) is 141 cm³/mol. The van der Waals surface area contributed by atoms with Gasteiger partial charge in [0.15, 0.2) is 0 Å². The second kappa shape index (κ2) is 8.36. The van der Waals surface area contributed by atoms with Gasteiger partial charge in [0.1, 0.15) is 5.75 Å². The maximum absolute atomic E-state index is 14.0. The lowest BCUT2D eigenvalue weighted by atomic mass is 9.81. The van der Waals surface area contributed by atoms with E-state index < -0.39 is 17.7 Å². The summed E-state index contributed by atoms with van der Waals surface area (Å²) in [5.74, 6) is -1.44. The first-order chi connectivity index (χ1) is 18.2. The standard InChI is InChI=1S/C30H23N3O5/c1-17-9-10-21(15-18(17)2)26-25-19(12-14-32(26)38)11-13-30(28(25)35)31-33(30)24-8-4-7-23(27(24)34)20-5-3-6-22(16-20)29(36)37/h3-16,26,31H,1-2H3,(H-,34,36,37)/p+1. The third-order valence-corrected chi connectivity index (χ3v) is 7.44. The van der Waals surface area contributed by atoms with E-state index in [1.165, 1.54) is 18.3 Å². The van der Waals surface area contributed by atoms with Crippen molar-refractivity contribution >= 4 is 17.4 Å². The Morgan fingerprint density at radius 1 is 1.03 bits per heavy atom. The van der Waals surface area contributed by atoms with Gasteiger partial charge in [0.2, 0.25) is 17.6 Å². The van der Waals surface area contributed by atoms with Gasteiger partial charge in [-0.1, -0.05) is 42.5 Å². The number of carbonyl (C=O) groups is 2. The van der Waals surface area contributed by atoms with Gasteiger partial charge < -0.3 is 10.2 Å². The van der Waals surface area contributed by atoms with Gasteiger partial charge in [0.25, 0.3) is 6.04 Å². The van der Waals surface area contributed by atoms with E-state index in [4.69, 9.17) is 0 Å². The largest absolute Gasteiger partial charge is 0.505 e. The topological polar surface area (TPSA) is 120 Å².